The molecular weight excluding hydrogens is 485 g/mol. The molecule has 0 saturated heterocycles. The molecule has 35 heavy (non-hydrogen) atoms. The summed E-state index contributed by atoms with van der Waals surface area (Å²) in [5, 5.41) is 0.0366. The van der Waals surface area contributed by atoms with E-state index in [0.29, 0.717) is 24.0 Å². The molecule has 1 unspecified atom stereocenters. The van der Waals surface area contributed by atoms with Gasteiger partial charge >= 0.3 is 12.3 Å². The highest BCUT2D eigenvalue weighted by molar-refractivity contribution is 6.30. The molecule has 10 heteroatoms. The molecule has 2 aromatic carbocycles. The zero-order valence-corrected chi connectivity index (χ0v) is 18.9. The van der Waals surface area contributed by atoms with Crippen molar-refractivity contribution >= 4 is 35.2 Å². The third-order valence-electron chi connectivity index (χ3n) is 6.16. The predicted molar refractivity (Wildman–Crippen MR) is 120 cm³/mol. The average molecular weight is 503 g/mol. The van der Waals surface area contributed by atoms with Crippen LogP contribution >= 0.6 is 11.6 Å². The summed E-state index contributed by atoms with van der Waals surface area (Å²) in [6, 6.07) is 10.2. The van der Waals surface area contributed by atoms with Gasteiger partial charge in [0, 0.05) is 29.6 Å². The molecule has 6 nitrogen and oxygen atoms in total. The van der Waals surface area contributed by atoms with Gasteiger partial charge in [-0.3, -0.25) is 19.4 Å². The molecule has 0 radical (unpaired) electrons. The van der Waals surface area contributed by atoms with Crippen LogP contribution in [0.3, 0.4) is 0 Å². The van der Waals surface area contributed by atoms with E-state index < -0.39 is 29.7 Å². The molecular formula is C25H18ClF3N2O4. The van der Waals surface area contributed by atoms with Crippen LogP contribution in [0.1, 0.15) is 45.5 Å². The maximum atomic E-state index is 14.3. The number of benzene rings is 2. The first-order valence-electron chi connectivity index (χ1n) is 11.0. The summed E-state index contributed by atoms with van der Waals surface area (Å²) in [5.74, 6) is 3.71. The van der Waals surface area contributed by atoms with Gasteiger partial charge in [-0.25, -0.2) is 4.79 Å². The standard InChI is InChI=1S/C25H18ClF3N2O4/c26-16-8-9-20-19(14-16)24(25(27,28)29,11-10-15-6-7-15)35-23(34)30(20)12-3-13-31-21(32)17-4-1-2-5-18(17)22(31)33/h1-2,4-5,8-9,14-15H,3,6-7,12-13H2. The molecule has 0 N–H and O–H groups in total. The molecule has 0 aromatic heterocycles. The number of anilines is 1. The van der Waals surface area contributed by atoms with Crippen molar-refractivity contribution in [3.8, 4) is 11.8 Å². The molecule has 2 aliphatic heterocycles. The molecule has 0 spiro atoms. The molecule has 0 bridgehead atoms. The molecule has 1 saturated carbocycles. The Kier molecular flexibility index (Phi) is 5.52. The van der Waals surface area contributed by atoms with E-state index in [-0.39, 0.29) is 41.7 Å². The number of nitrogens with zero attached hydrogens (tertiary/aromatic N) is 2. The Hall–Kier alpha value is -3.51. The summed E-state index contributed by atoms with van der Waals surface area (Å²) >= 11 is 6.02. The molecule has 3 aliphatic rings. The number of hydrogen-bond acceptors (Lipinski definition) is 4. The molecule has 1 fully saturated rings. The summed E-state index contributed by atoms with van der Waals surface area (Å²) in [5.41, 5.74) is -2.95. The maximum Gasteiger partial charge on any atom is 0.445 e. The molecule has 2 heterocycles. The minimum absolute atomic E-state index is 0.0229. The Morgan fingerprint density at radius 2 is 1.63 bits per heavy atom. The van der Waals surface area contributed by atoms with Gasteiger partial charge in [-0.2, -0.15) is 13.2 Å². The lowest BCUT2D eigenvalue weighted by molar-refractivity contribution is -0.240. The average Bonchev–Trinajstić information content (AvgIpc) is 3.61. The van der Waals surface area contributed by atoms with E-state index in [1.54, 1.807) is 24.3 Å². The van der Waals surface area contributed by atoms with E-state index in [1.165, 1.54) is 12.1 Å². The van der Waals surface area contributed by atoms with Gasteiger partial charge in [0.25, 0.3) is 17.4 Å². The molecule has 1 aliphatic carbocycles. The summed E-state index contributed by atoms with van der Waals surface area (Å²) in [6.07, 6.45) is -4.71. The molecule has 1 atom stereocenters. The van der Waals surface area contributed by atoms with Crippen LogP contribution in [0, 0.1) is 17.8 Å². The fourth-order valence-electron chi connectivity index (χ4n) is 4.21. The van der Waals surface area contributed by atoms with Crippen molar-refractivity contribution in [2.75, 3.05) is 18.0 Å². The minimum Gasteiger partial charge on any atom is -0.415 e. The fraction of sp³-hybridized carbons (Fsp3) is 0.320. The van der Waals surface area contributed by atoms with Crippen LogP contribution in [-0.4, -0.2) is 42.1 Å². The highest BCUT2D eigenvalue weighted by Gasteiger charge is 2.63. The van der Waals surface area contributed by atoms with Crippen LogP contribution in [-0.2, 0) is 10.3 Å². The van der Waals surface area contributed by atoms with Crippen LogP contribution in [0.2, 0.25) is 5.02 Å². The van der Waals surface area contributed by atoms with Crippen molar-refractivity contribution in [2.45, 2.75) is 31.0 Å². The summed E-state index contributed by atoms with van der Waals surface area (Å²) in [6.45, 7) is -0.115. The van der Waals surface area contributed by atoms with E-state index in [4.69, 9.17) is 16.3 Å². The zero-order valence-electron chi connectivity index (χ0n) is 18.2. The van der Waals surface area contributed by atoms with Crippen LogP contribution < -0.4 is 4.90 Å². The van der Waals surface area contributed by atoms with Gasteiger partial charge in [-0.05, 0) is 55.5 Å². The van der Waals surface area contributed by atoms with E-state index in [9.17, 15) is 27.6 Å². The van der Waals surface area contributed by atoms with Crippen LogP contribution in [0.25, 0.3) is 0 Å². The molecule has 2 aromatic rings. The molecule has 3 amide bonds. The number of amides is 3. The number of ether oxygens (including phenoxy) is 1. The van der Waals surface area contributed by atoms with E-state index >= 15 is 0 Å². The number of hydrogen-bond donors (Lipinski definition) is 0. The lowest BCUT2D eigenvalue weighted by Crippen LogP contribution is -2.53. The van der Waals surface area contributed by atoms with Crippen molar-refractivity contribution in [3.05, 3.63) is 64.2 Å². The first-order chi connectivity index (χ1) is 16.6. The van der Waals surface area contributed by atoms with Crippen LogP contribution in [0.5, 0.6) is 0 Å². The Labute approximate surface area is 203 Å². The van der Waals surface area contributed by atoms with E-state index in [0.717, 1.165) is 15.9 Å². The maximum absolute atomic E-state index is 14.3. The normalized spacial score (nSPS) is 21.3. The number of imide groups is 1. The highest BCUT2D eigenvalue weighted by atomic mass is 35.5. The lowest BCUT2D eigenvalue weighted by atomic mass is 9.89. The minimum atomic E-state index is -5.00. The topological polar surface area (TPSA) is 66.9 Å². The number of rotatable bonds is 4. The van der Waals surface area contributed by atoms with Gasteiger partial charge in [-0.1, -0.05) is 29.7 Å². The van der Waals surface area contributed by atoms with Gasteiger partial charge in [0.15, 0.2) is 0 Å². The summed E-state index contributed by atoms with van der Waals surface area (Å²) in [7, 11) is 0. The monoisotopic (exact) mass is 502 g/mol. The van der Waals surface area contributed by atoms with Crippen molar-refractivity contribution in [1.29, 1.82) is 0 Å². The second-order valence-corrected chi connectivity index (χ2v) is 9.00. The third kappa shape index (κ3) is 3.92. The number of carbonyl (C=O) groups is 3. The zero-order chi connectivity index (χ0) is 25.0. The number of carbonyl (C=O) groups excluding carboxylic acids is 3. The number of alkyl halides is 3. The van der Waals surface area contributed by atoms with Gasteiger partial charge < -0.3 is 4.74 Å². The fourth-order valence-corrected chi connectivity index (χ4v) is 4.38. The quantitative estimate of drug-likeness (QED) is 0.428. The van der Waals surface area contributed by atoms with E-state index in [2.05, 4.69) is 11.8 Å². The van der Waals surface area contributed by atoms with Gasteiger partial charge in [0.05, 0.1) is 16.8 Å². The van der Waals surface area contributed by atoms with Crippen molar-refractivity contribution in [3.63, 3.8) is 0 Å². The first-order valence-corrected chi connectivity index (χ1v) is 11.4. The van der Waals surface area contributed by atoms with Crippen molar-refractivity contribution in [1.82, 2.24) is 4.90 Å². The van der Waals surface area contributed by atoms with Gasteiger partial charge in [0.2, 0.25) is 0 Å². The Morgan fingerprint density at radius 1 is 1.00 bits per heavy atom. The van der Waals surface area contributed by atoms with Gasteiger partial charge in [-0.15, -0.1) is 0 Å². The molecule has 180 valence electrons. The van der Waals surface area contributed by atoms with Gasteiger partial charge in [0.1, 0.15) is 0 Å². The summed E-state index contributed by atoms with van der Waals surface area (Å²) < 4.78 is 48.0. The Bertz CT molecular complexity index is 1280. The lowest BCUT2D eigenvalue weighted by Gasteiger charge is -2.40. The van der Waals surface area contributed by atoms with Crippen LogP contribution in [0.4, 0.5) is 23.7 Å². The second-order valence-electron chi connectivity index (χ2n) is 8.56. The van der Waals surface area contributed by atoms with Crippen molar-refractivity contribution in [2.24, 2.45) is 5.92 Å². The number of cyclic esters (lactones) is 1. The highest BCUT2D eigenvalue weighted by Crippen LogP contribution is 2.50. The third-order valence-corrected chi connectivity index (χ3v) is 6.40. The Morgan fingerprint density at radius 3 is 2.23 bits per heavy atom. The predicted octanol–water partition coefficient (Wildman–Crippen LogP) is 5.15. The number of halogens is 4. The van der Waals surface area contributed by atoms with Crippen molar-refractivity contribution < 1.29 is 32.3 Å². The largest absolute Gasteiger partial charge is 0.445 e. The second kappa shape index (κ2) is 8.31. The molecule has 5 rings (SSSR count). The first kappa shape index (κ1) is 23.2. The summed E-state index contributed by atoms with van der Waals surface area (Å²) in [4.78, 5) is 40.1. The number of fused-ring (bicyclic) bond motifs is 2. The SMILES string of the molecule is O=C1c2ccccc2C(=O)N1CCCN1C(=O)OC(C#CC2CC2)(C(F)(F)F)c2cc(Cl)ccc21. The van der Waals surface area contributed by atoms with Crippen LogP contribution in [0.15, 0.2) is 42.5 Å². The van der Waals surface area contributed by atoms with E-state index in [1.807, 2.05) is 0 Å². The Balaban J connectivity index is 1.41. The smallest absolute Gasteiger partial charge is 0.415 e.